The summed E-state index contributed by atoms with van der Waals surface area (Å²) < 4.78 is 1.47. The Morgan fingerprint density at radius 2 is 1.68 bits per heavy atom. The highest BCUT2D eigenvalue weighted by Gasteiger charge is 2.29. The van der Waals surface area contributed by atoms with Gasteiger partial charge in [0.15, 0.2) is 0 Å². The topological polar surface area (TPSA) is 101 Å². The van der Waals surface area contributed by atoms with Gasteiger partial charge >= 0.3 is 0 Å². The lowest BCUT2D eigenvalue weighted by Crippen LogP contribution is -2.48. The summed E-state index contributed by atoms with van der Waals surface area (Å²) in [6.45, 7) is 0. The first kappa shape index (κ1) is 24.2. The molecule has 3 N–H and O–H groups in total. The molecule has 2 amide bonds. The van der Waals surface area contributed by atoms with Crippen molar-refractivity contribution in [2.75, 3.05) is 4.90 Å². The zero-order chi connectivity index (χ0) is 25.9. The maximum atomic E-state index is 13.8. The van der Waals surface area contributed by atoms with Crippen molar-refractivity contribution in [2.24, 2.45) is 5.73 Å². The fourth-order valence-corrected chi connectivity index (χ4v) is 4.44. The number of anilines is 1. The van der Waals surface area contributed by atoms with Gasteiger partial charge in [0.05, 0.1) is 16.8 Å². The number of amides is 2. The molecule has 184 valence electrons. The highest BCUT2D eigenvalue weighted by Crippen LogP contribution is 2.26. The van der Waals surface area contributed by atoms with Crippen LogP contribution in [0.5, 0.6) is 0 Å². The van der Waals surface area contributed by atoms with E-state index in [1.165, 1.54) is 10.6 Å². The van der Waals surface area contributed by atoms with Crippen LogP contribution in [0, 0.1) is 0 Å². The molecule has 0 aliphatic carbocycles. The van der Waals surface area contributed by atoms with E-state index in [2.05, 4.69) is 4.98 Å². The number of halogens is 1. The summed E-state index contributed by atoms with van der Waals surface area (Å²) in [6.07, 6.45) is 3.56. The van der Waals surface area contributed by atoms with E-state index in [4.69, 9.17) is 17.3 Å². The Labute approximate surface area is 217 Å². The van der Waals surface area contributed by atoms with Gasteiger partial charge in [-0.25, -0.2) is 4.90 Å². The van der Waals surface area contributed by atoms with Gasteiger partial charge in [-0.1, -0.05) is 54.1 Å². The van der Waals surface area contributed by atoms with Crippen LogP contribution in [0.1, 0.15) is 15.9 Å². The predicted molar refractivity (Wildman–Crippen MR) is 145 cm³/mol. The smallest absolute Gasteiger partial charge is 0.265 e. The average molecular weight is 511 g/mol. The third kappa shape index (κ3) is 4.95. The van der Waals surface area contributed by atoms with E-state index in [1.807, 2.05) is 30.3 Å². The second kappa shape index (κ2) is 10.3. The van der Waals surface area contributed by atoms with Crippen molar-refractivity contribution in [2.45, 2.75) is 12.5 Å². The molecule has 0 bridgehead atoms. The number of H-pyrrole nitrogens is 1. The van der Waals surface area contributed by atoms with E-state index >= 15 is 0 Å². The van der Waals surface area contributed by atoms with Crippen molar-refractivity contribution in [1.82, 2.24) is 9.55 Å². The van der Waals surface area contributed by atoms with Crippen molar-refractivity contribution in [3.8, 4) is 5.69 Å². The molecule has 0 saturated carbocycles. The number of hydrogen-bond donors (Lipinski definition) is 2. The Hall–Kier alpha value is -4.46. The second-order valence-electron chi connectivity index (χ2n) is 8.60. The zero-order valence-electron chi connectivity index (χ0n) is 19.7. The minimum absolute atomic E-state index is 0.193. The summed E-state index contributed by atoms with van der Waals surface area (Å²) in [4.78, 5) is 43.7. The molecular formula is C29H23ClN4O3. The summed E-state index contributed by atoms with van der Waals surface area (Å²) >= 11 is 6.19. The molecule has 2 heterocycles. The quantitative estimate of drug-likeness (QED) is 0.345. The van der Waals surface area contributed by atoms with Crippen LogP contribution in [-0.4, -0.2) is 27.4 Å². The highest BCUT2D eigenvalue weighted by molar-refractivity contribution is 6.35. The molecule has 5 aromatic rings. The van der Waals surface area contributed by atoms with Gasteiger partial charge in [-0.05, 0) is 54.4 Å². The Balaban J connectivity index is 1.52. The van der Waals surface area contributed by atoms with Crippen LogP contribution >= 0.6 is 11.6 Å². The zero-order valence-corrected chi connectivity index (χ0v) is 20.4. The van der Waals surface area contributed by atoms with Crippen LogP contribution in [0.4, 0.5) is 5.69 Å². The fraction of sp³-hybridized carbons (Fsp3) is 0.0690. The lowest BCUT2D eigenvalue weighted by Gasteiger charge is -2.25. The SMILES string of the molecule is N[C@@H](Cc1ccccc1)C(=O)N(C(=O)c1ccc2c(Cl)c[nH]c2c1)c1ccc(-n2ccccc2=O)cc1. The van der Waals surface area contributed by atoms with Crippen LogP contribution in [0.15, 0.2) is 108 Å². The van der Waals surface area contributed by atoms with Crippen LogP contribution in [0.2, 0.25) is 5.02 Å². The molecule has 0 radical (unpaired) electrons. The minimum Gasteiger partial charge on any atom is -0.360 e. The number of carbonyl (C=O) groups excluding carboxylic acids is 2. The second-order valence-corrected chi connectivity index (χ2v) is 9.00. The van der Waals surface area contributed by atoms with Gasteiger partial charge in [0.25, 0.3) is 17.4 Å². The Morgan fingerprint density at radius 3 is 2.41 bits per heavy atom. The van der Waals surface area contributed by atoms with Gasteiger partial charge in [0, 0.05) is 40.6 Å². The van der Waals surface area contributed by atoms with E-state index in [-0.39, 0.29) is 12.0 Å². The molecule has 2 aromatic heterocycles. The Bertz CT molecular complexity index is 1640. The number of pyridine rings is 1. The number of hydrogen-bond acceptors (Lipinski definition) is 4. The number of nitrogens with zero attached hydrogens (tertiary/aromatic N) is 2. The number of rotatable bonds is 6. The highest BCUT2D eigenvalue weighted by atomic mass is 35.5. The van der Waals surface area contributed by atoms with Crippen LogP contribution in [-0.2, 0) is 11.2 Å². The molecule has 37 heavy (non-hydrogen) atoms. The van der Waals surface area contributed by atoms with Gasteiger partial charge in [-0.3, -0.25) is 19.0 Å². The van der Waals surface area contributed by atoms with Crippen molar-refractivity contribution in [3.05, 3.63) is 130 Å². The molecule has 8 heteroatoms. The number of aromatic amines is 1. The lowest BCUT2D eigenvalue weighted by atomic mass is 10.0. The Kier molecular flexibility index (Phi) is 6.72. The van der Waals surface area contributed by atoms with Crippen LogP contribution < -0.4 is 16.2 Å². The van der Waals surface area contributed by atoms with Crippen molar-refractivity contribution < 1.29 is 9.59 Å². The molecule has 0 fully saturated rings. The monoisotopic (exact) mass is 510 g/mol. The van der Waals surface area contributed by atoms with E-state index in [0.717, 1.165) is 15.8 Å². The first-order chi connectivity index (χ1) is 17.9. The number of carbonyl (C=O) groups is 2. The first-order valence-electron chi connectivity index (χ1n) is 11.6. The molecule has 0 aliphatic rings. The number of nitrogens with two attached hydrogens (primary N) is 1. The molecule has 7 nitrogen and oxygen atoms in total. The first-order valence-corrected chi connectivity index (χ1v) is 12.0. The minimum atomic E-state index is -0.952. The average Bonchev–Trinajstić information content (AvgIpc) is 3.30. The van der Waals surface area contributed by atoms with Gasteiger partial charge in [-0.15, -0.1) is 0 Å². The van der Waals surface area contributed by atoms with E-state index in [0.29, 0.717) is 27.5 Å². The third-order valence-corrected chi connectivity index (χ3v) is 6.44. The maximum absolute atomic E-state index is 13.8. The molecule has 1 atom stereocenters. The van der Waals surface area contributed by atoms with Crippen LogP contribution in [0.3, 0.4) is 0 Å². The molecule has 0 spiro atoms. The molecular weight excluding hydrogens is 488 g/mol. The maximum Gasteiger partial charge on any atom is 0.265 e. The largest absolute Gasteiger partial charge is 0.360 e. The summed E-state index contributed by atoms with van der Waals surface area (Å²) in [7, 11) is 0. The third-order valence-electron chi connectivity index (χ3n) is 6.13. The summed E-state index contributed by atoms with van der Waals surface area (Å²) in [5, 5.41) is 1.31. The lowest BCUT2D eigenvalue weighted by molar-refractivity contribution is -0.119. The summed E-state index contributed by atoms with van der Waals surface area (Å²) in [5.74, 6) is -1.06. The molecule has 0 unspecified atom stereocenters. The normalized spacial score (nSPS) is 11.8. The molecule has 0 aliphatic heterocycles. The summed E-state index contributed by atoms with van der Waals surface area (Å²) in [6, 6.07) is 25.0. The van der Waals surface area contributed by atoms with Crippen LogP contribution in [0.25, 0.3) is 16.6 Å². The van der Waals surface area contributed by atoms with E-state index in [1.54, 1.807) is 67.0 Å². The van der Waals surface area contributed by atoms with Gasteiger partial charge in [-0.2, -0.15) is 0 Å². The molecule has 0 saturated heterocycles. The number of nitrogens with one attached hydrogen (secondary N) is 1. The van der Waals surface area contributed by atoms with E-state index < -0.39 is 17.9 Å². The van der Waals surface area contributed by atoms with Gasteiger partial charge < -0.3 is 10.7 Å². The standard InChI is InChI=1S/C29H23ClN4O3/c30-24-18-32-26-17-20(9-14-23(24)26)28(36)34(29(37)25(31)16-19-6-2-1-3-7-19)22-12-10-21(11-13-22)33-15-5-4-8-27(33)35/h1-15,17-18,25,32H,16,31H2/t25-/m0/s1. The van der Waals surface area contributed by atoms with Gasteiger partial charge in [0.2, 0.25) is 0 Å². The molecule has 5 rings (SSSR count). The van der Waals surface area contributed by atoms with E-state index in [9.17, 15) is 14.4 Å². The number of imide groups is 1. The fourth-order valence-electron chi connectivity index (χ4n) is 4.22. The summed E-state index contributed by atoms with van der Waals surface area (Å²) in [5.41, 5.74) is 8.94. The number of aromatic nitrogens is 2. The Morgan fingerprint density at radius 1 is 0.946 bits per heavy atom. The molecule has 3 aromatic carbocycles. The number of fused-ring (bicyclic) bond motifs is 1. The van der Waals surface area contributed by atoms with Crippen molar-refractivity contribution >= 4 is 40.0 Å². The number of benzene rings is 3. The van der Waals surface area contributed by atoms with Crippen molar-refractivity contribution in [1.29, 1.82) is 0 Å². The van der Waals surface area contributed by atoms with Gasteiger partial charge in [0.1, 0.15) is 0 Å². The predicted octanol–water partition coefficient (Wildman–Crippen LogP) is 4.72. The van der Waals surface area contributed by atoms with Crippen molar-refractivity contribution in [3.63, 3.8) is 0 Å².